The van der Waals surface area contributed by atoms with Crippen LogP contribution in [0, 0.1) is 5.92 Å². The molecule has 19 heavy (non-hydrogen) atoms. The quantitative estimate of drug-likeness (QED) is 0.788. The second kappa shape index (κ2) is 4.97. The zero-order valence-corrected chi connectivity index (χ0v) is 10.4. The van der Waals surface area contributed by atoms with Gasteiger partial charge in [-0.05, 0) is 30.9 Å². The van der Waals surface area contributed by atoms with E-state index in [1.165, 1.54) is 0 Å². The number of rotatable bonds is 3. The van der Waals surface area contributed by atoms with Crippen LogP contribution in [0.5, 0.6) is 0 Å². The second-order valence-corrected chi connectivity index (χ2v) is 4.74. The summed E-state index contributed by atoms with van der Waals surface area (Å²) in [4.78, 5) is 19.5. The monoisotopic (exact) mass is 260 g/mol. The standard InChI is InChI=1S/C13H15N3O3/c17-13(18)12-15-10-2-1-5-14-11(10)16(12)8-9-3-6-19-7-4-9/h1-2,5,9H,3-4,6-8H2,(H,17,18)/p-1. The van der Waals surface area contributed by atoms with Gasteiger partial charge in [0.2, 0.25) is 0 Å². The summed E-state index contributed by atoms with van der Waals surface area (Å²) in [6, 6.07) is 3.50. The minimum atomic E-state index is -1.26. The van der Waals surface area contributed by atoms with Crippen LogP contribution in [0.25, 0.3) is 11.2 Å². The van der Waals surface area contributed by atoms with E-state index in [-0.39, 0.29) is 5.82 Å². The molecule has 1 aliphatic heterocycles. The molecule has 6 heteroatoms. The van der Waals surface area contributed by atoms with E-state index >= 15 is 0 Å². The van der Waals surface area contributed by atoms with Crippen molar-refractivity contribution >= 4 is 17.1 Å². The molecule has 0 radical (unpaired) electrons. The Morgan fingerprint density at radius 2 is 2.26 bits per heavy atom. The van der Waals surface area contributed by atoms with E-state index in [0.29, 0.717) is 23.6 Å². The van der Waals surface area contributed by atoms with Crippen molar-refractivity contribution in [2.24, 2.45) is 5.92 Å². The van der Waals surface area contributed by atoms with Crippen molar-refractivity contribution in [1.29, 1.82) is 0 Å². The van der Waals surface area contributed by atoms with E-state index in [4.69, 9.17) is 4.74 Å². The molecule has 0 amide bonds. The first-order valence-electron chi connectivity index (χ1n) is 6.36. The van der Waals surface area contributed by atoms with E-state index in [1.807, 2.05) is 0 Å². The topological polar surface area (TPSA) is 80.1 Å². The number of aromatic carboxylic acids is 1. The van der Waals surface area contributed by atoms with E-state index in [1.54, 1.807) is 22.9 Å². The van der Waals surface area contributed by atoms with Crippen molar-refractivity contribution in [3.63, 3.8) is 0 Å². The maximum Gasteiger partial charge on any atom is 0.160 e. The molecule has 2 aromatic rings. The lowest BCUT2D eigenvalue weighted by Crippen LogP contribution is -2.29. The van der Waals surface area contributed by atoms with Gasteiger partial charge in [0.25, 0.3) is 0 Å². The van der Waals surface area contributed by atoms with Crippen LogP contribution in [0.4, 0.5) is 0 Å². The van der Waals surface area contributed by atoms with Crippen LogP contribution in [0.1, 0.15) is 23.5 Å². The molecule has 0 spiro atoms. The third-order valence-corrected chi connectivity index (χ3v) is 3.47. The molecule has 6 nitrogen and oxygen atoms in total. The van der Waals surface area contributed by atoms with E-state index in [9.17, 15) is 9.90 Å². The van der Waals surface area contributed by atoms with Crippen molar-refractivity contribution < 1.29 is 14.6 Å². The lowest BCUT2D eigenvalue weighted by molar-refractivity contribution is -0.256. The fourth-order valence-corrected chi connectivity index (χ4v) is 2.47. The lowest BCUT2D eigenvalue weighted by atomic mass is 10.0. The predicted molar refractivity (Wildman–Crippen MR) is 65.4 cm³/mol. The predicted octanol–water partition coefficient (Wildman–Crippen LogP) is 0.221. The largest absolute Gasteiger partial charge is 0.542 e. The zero-order valence-electron chi connectivity index (χ0n) is 10.4. The minimum Gasteiger partial charge on any atom is -0.542 e. The number of imidazole rings is 1. The van der Waals surface area contributed by atoms with Gasteiger partial charge in [-0.25, -0.2) is 9.97 Å². The number of carbonyl (C=O) groups is 1. The third kappa shape index (κ3) is 2.31. The fourth-order valence-electron chi connectivity index (χ4n) is 2.47. The molecule has 0 unspecified atom stereocenters. The van der Waals surface area contributed by atoms with Crippen molar-refractivity contribution in [3.8, 4) is 0 Å². The number of carbonyl (C=O) groups excluding carboxylic acids is 1. The summed E-state index contributed by atoms with van der Waals surface area (Å²) in [7, 11) is 0. The minimum absolute atomic E-state index is 0.0415. The maximum absolute atomic E-state index is 11.2. The van der Waals surface area contributed by atoms with Gasteiger partial charge < -0.3 is 19.2 Å². The molecular weight excluding hydrogens is 246 g/mol. The number of hydrogen-bond acceptors (Lipinski definition) is 5. The molecule has 0 N–H and O–H groups in total. The Morgan fingerprint density at radius 3 is 3.00 bits per heavy atom. The second-order valence-electron chi connectivity index (χ2n) is 4.74. The average Bonchev–Trinajstić information content (AvgIpc) is 2.79. The number of carboxylic acids is 1. The molecule has 100 valence electrons. The normalized spacial score (nSPS) is 16.8. The SMILES string of the molecule is O=C([O-])c1nc2cccnc2n1CC1CCOCC1. The van der Waals surface area contributed by atoms with Crippen LogP contribution in [-0.2, 0) is 11.3 Å². The summed E-state index contributed by atoms with van der Waals surface area (Å²) in [5.41, 5.74) is 1.20. The van der Waals surface area contributed by atoms with E-state index < -0.39 is 5.97 Å². The molecule has 0 aliphatic carbocycles. The number of fused-ring (bicyclic) bond motifs is 1. The number of nitrogens with zero attached hydrogens (tertiary/aromatic N) is 3. The van der Waals surface area contributed by atoms with E-state index in [0.717, 1.165) is 26.1 Å². The number of aromatic nitrogens is 3. The van der Waals surface area contributed by atoms with Crippen LogP contribution >= 0.6 is 0 Å². The first-order valence-corrected chi connectivity index (χ1v) is 6.36. The summed E-state index contributed by atoms with van der Waals surface area (Å²) in [5.74, 6) is -0.906. The highest BCUT2D eigenvalue weighted by atomic mass is 16.5. The first-order chi connectivity index (χ1) is 9.25. The molecule has 1 fully saturated rings. The highest BCUT2D eigenvalue weighted by Crippen LogP contribution is 2.21. The number of hydrogen-bond donors (Lipinski definition) is 0. The van der Waals surface area contributed by atoms with Crippen LogP contribution in [-0.4, -0.2) is 33.7 Å². The molecule has 3 heterocycles. The summed E-state index contributed by atoms with van der Waals surface area (Å²) < 4.78 is 6.97. The Kier molecular flexibility index (Phi) is 3.16. The highest BCUT2D eigenvalue weighted by Gasteiger charge is 2.19. The van der Waals surface area contributed by atoms with Gasteiger partial charge >= 0.3 is 0 Å². The van der Waals surface area contributed by atoms with Crippen LogP contribution in [0.3, 0.4) is 0 Å². The molecule has 1 saturated heterocycles. The van der Waals surface area contributed by atoms with Gasteiger partial charge in [0, 0.05) is 26.0 Å². The van der Waals surface area contributed by atoms with Crippen molar-refractivity contribution in [1.82, 2.24) is 14.5 Å². The first kappa shape index (κ1) is 12.1. The van der Waals surface area contributed by atoms with Gasteiger partial charge in [-0.15, -0.1) is 0 Å². The molecule has 0 bridgehead atoms. The van der Waals surface area contributed by atoms with Crippen LogP contribution in [0.15, 0.2) is 18.3 Å². The van der Waals surface area contributed by atoms with Crippen molar-refractivity contribution in [3.05, 3.63) is 24.2 Å². The van der Waals surface area contributed by atoms with Crippen molar-refractivity contribution in [2.75, 3.05) is 13.2 Å². The van der Waals surface area contributed by atoms with Crippen molar-refractivity contribution in [2.45, 2.75) is 19.4 Å². The molecule has 0 atom stereocenters. The van der Waals surface area contributed by atoms with Crippen LogP contribution in [0.2, 0.25) is 0 Å². The number of pyridine rings is 1. The summed E-state index contributed by atoms with van der Waals surface area (Å²) in [5, 5.41) is 11.2. The van der Waals surface area contributed by atoms with Crippen LogP contribution < -0.4 is 5.11 Å². The summed E-state index contributed by atoms with van der Waals surface area (Å²) >= 11 is 0. The Bertz CT molecular complexity index is 602. The highest BCUT2D eigenvalue weighted by molar-refractivity contribution is 5.87. The fraction of sp³-hybridized carbons (Fsp3) is 0.462. The summed E-state index contributed by atoms with van der Waals surface area (Å²) in [6.45, 7) is 2.05. The molecule has 3 rings (SSSR count). The molecular formula is C13H14N3O3-. The van der Waals surface area contributed by atoms with Gasteiger partial charge in [-0.3, -0.25) is 0 Å². The zero-order chi connectivity index (χ0) is 13.2. The Morgan fingerprint density at radius 1 is 1.47 bits per heavy atom. The van der Waals surface area contributed by atoms with Gasteiger partial charge in [0.1, 0.15) is 11.5 Å². The van der Waals surface area contributed by atoms with Gasteiger partial charge in [0.15, 0.2) is 11.5 Å². The van der Waals surface area contributed by atoms with Gasteiger partial charge in [-0.2, -0.15) is 0 Å². The van der Waals surface area contributed by atoms with Gasteiger partial charge in [-0.1, -0.05) is 0 Å². The molecule has 2 aromatic heterocycles. The number of ether oxygens (including phenoxy) is 1. The summed E-state index contributed by atoms with van der Waals surface area (Å²) in [6.07, 6.45) is 3.50. The Balaban J connectivity index is 1.99. The lowest BCUT2D eigenvalue weighted by Gasteiger charge is -2.23. The smallest absolute Gasteiger partial charge is 0.160 e. The molecule has 1 aliphatic rings. The van der Waals surface area contributed by atoms with Gasteiger partial charge in [0.05, 0.1) is 0 Å². The Labute approximate surface area is 110 Å². The maximum atomic E-state index is 11.2. The Hall–Kier alpha value is -1.95. The molecule has 0 saturated carbocycles. The van der Waals surface area contributed by atoms with E-state index in [2.05, 4.69) is 9.97 Å². The average molecular weight is 260 g/mol. The molecule has 0 aromatic carbocycles. The number of carboxylic acid groups (broad SMARTS) is 1. The third-order valence-electron chi connectivity index (χ3n) is 3.47.